The smallest absolute Gasteiger partial charge is 0.246 e. The maximum absolute atomic E-state index is 13.1. The molecule has 0 radical (unpaired) electrons. The van der Waals surface area contributed by atoms with Crippen molar-refractivity contribution < 1.29 is 13.2 Å². The van der Waals surface area contributed by atoms with Crippen LogP contribution >= 0.6 is 0 Å². The van der Waals surface area contributed by atoms with Crippen molar-refractivity contribution in [2.45, 2.75) is 45.2 Å². The first-order valence-electron chi connectivity index (χ1n) is 8.74. The third-order valence-corrected chi connectivity index (χ3v) is 7.24. The van der Waals surface area contributed by atoms with Crippen LogP contribution in [-0.4, -0.2) is 66.8 Å². The Bertz CT molecular complexity index is 672. The van der Waals surface area contributed by atoms with Gasteiger partial charge < -0.3 is 4.74 Å². The lowest BCUT2D eigenvalue weighted by molar-refractivity contribution is 0.0208. The van der Waals surface area contributed by atoms with Crippen LogP contribution in [0.25, 0.3) is 0 Å². The number of ether oxygens (including phenoxy) is 1. The molecule has 3 rings (SSSR count). The SMILES string of the molecule is Cc1nn(CN2CCOCC2)c(C)c1S(=O)(=O)N1CCC(C)CC1. The molecular formula is C16H28N4O3S. The minimum absolute atomic E-state index is 0.394. The van der Waals surface area contributed by atoms with Crippen molar-refractivity contribution in [2.24, 2.45) is 5.92 Å². The number of sulfonamides is 1. The number of aromatic nitrogens is 2. The molecule has 2 aliphatic heterocycles. The van der Waals surface area contributed by atoms with E-state index in [0.717, 1.165) is 44.8 Å². The van der Waals surface area contributed by atoms with Crippen LogP contribution in [0.1, 0.15) is 31.2 Å². The van der Waals surface area contributed by atoms with Crippen LogP contribution < -0.4 is 0 Å². The first-order chi connectivity index (χ1) is 11.4. The molecule has 0 amide bonds. The Hall–Kier alpha value is -0.960. The summed E-state index contributed by atoms with van der Waals surface area (Å²) < 4.78 is 35.0. The number of nitrogens with zero attached hydrogens (tertiary/aromatic N) is 4. The van der Waals surface area contributed by atoms with Crippen LogP contribution in [0.3, 0.4) is 0 Å². The van der Waals surface area contributed by atoms with E-state index in [1.807, 2.05) is 11.6 Å². The van der Waals surface area contributed by atoms with E-state index in [-0.39, 0.29) is 0 Å². The Morgan fingerprint density at radius 3 is 2.38 bits per heavy atom. The molecule has 2 aliphatic rings. The number of rotatable bonds is 4. The zero-order valence-corrected chi connectivity index (χ0v) is 15.7. The molecular weight excluding hydrogens is 328 g/mol. The number of hydrogen-bond donors (Lipinski definition) is 0. The van der Waals surface area contributed by atoms with Gasteiger partial charge in [-0.25, -0.2) is 8.42 Å². The minimum Gasteiger partial charge on any atom is -0.379 e. The van der Waals surface area contributed by atoms with Gasteiger partial charge in [-0.3, -0.25) is 9.58 Å². The second-order valence-electron chi connectivity index (χ2n) is 6.96. The largest absolute Gasteiger partial charge is 0.379 e. The molecule has 0 N–H and O–H groups in total. The predicted octanol–water partition coefficient (Wildman–Crippen LogP) is 1.21. The second-order valence-corrected chi connectivity index (χ2v) is 8.83. The van der Waals surface area contributed by atoms with E-state index in [4.69, 9.17) is 4.74 Å². The van der Waals surface area contributed by atoms with E-state index in [2.05, 4.69) is 16.9 Å². The molecule has 0 aromatic carbocycles. The van der Waals surface area contributed by atoms with Gasteiger partial charge in [0.2, 0.25) is 10.0 Å². The van der Waals surface area contributed by atoms with Gasteiger partial charge in [-0.2, -0.15) is 9.40 Å². The molecule has 2 saturated heterocycles. The molecule has 3 heterocycles. The van der Waals surface area contributed by atoms with Gasteiger partial charge in [0.05, 0.1) is 31.3 Å². The van der Waals surface area contributed by atoms with Gasteiger partial charge in [-0.15, -0.1) is 0 Å². The fourth-order valence-electron chi connectivity index (χ4n) is 3.48. The Balaban J connectivity index is 1.82. The molecule has 7 nitrogen and oxygen atoms in total. The molecule has 0 aliphatic carbocycles. The van der Waals surface area contributed by atoms with Crippen molar-refractivity contribution in [3.8, 4) is 0 Å². The average molecular weight is 356 g/mol. The first kappa shape index (κ1) is 17.8. The van der Waals surface area contributed by atoms with Crippen LogP contribution in [0.4, 0.5) is 0 Å². The number of morpholine rings is 1. The molecule has 0 saturated carbocycles. The molecule has 1 aromatic heterocycles. The number of piperidine rings is 1. The van der Waals surface area contributed by atoms with Crippen LogP contribution in [0.2, 0.25) is 0 Å². The van der Waals surface area contributed by atoms with Crippen molar-refractivity contribution in [1.82, 2.24) is 19.0 Å². The van der Waals surface area contributed by atoms with E-state index in [1.165, 1.54) is 0 Å². The number of hydrogen-bond acceptors (Lipinski definition) is 5. The quantitative estimate of drug-likeness (QED) is 0.811. The zero-order chi connectivity index (χ0) is 17.3. The molecule has 136 valence electrons. The lowest BCUT2D eigenvalue weighted by Crippen LogP contribution is -2.39. The van der Waals surface area contributed by atoms with Crippen molar-refractivity contribution in [2.75, 3.05) is 39.4 Å². The van der Waals surface area contributed by atoms with Crippen LogP contribution in [0.5, 0.6) is 0 Å². The summed E-state index contributed by atoms with van der Waals surface area (Å²) in [6.45, 7) is 10.8. The van der Waals surface area contributed by atoms with Gasteiger partial charge in [0.1, 0.15) is 4.90 Å². The highest BCUT2D eigenvalue weighted by molar-refractivity contribution is 7.89. The monoisotopic (exact) mass is 356 g/mol. The van der Waals surface area contributed by atoms with Crippen molar-refractivity contribution >= 4 is 10.0 Å². The van der Waals surface area contributed by atoms with Crippen molar-refractivity contribution in [3.63, 3.8) is 0 Å². The zero-order valence-electron chi connectivity index (χ0n) is 14.9. The highest BCUT2D eigenvalue weighted by atomic mass is 32.2. The van der Waals surface area contributed by atoms with Gasteiger partial charge >= 0.3 is 0 Å². The summed E-state index contributed by atoms with van der Waals surface area (Å²) in [6.07, 6.45) is 1.86. The van der Waals surface area contributed by atoms with Gasteiger partial charge in [0.25, 0.3) is 0 Å². The van der Waals surface area contributed by atoms with Crippen molar-refractivity contribution in [3.05, 3.63) is 11.4 Å². The normalized spacial score (nSPS) is 22.1. The average Bonchev–Trinajstić information content (AvgIpc) is 2.83. The molecule has 0 atom stereocenters. The van der Waals surface area contributed by atoms with E-state index in [0.29, 0.717) is 36.3 Å². The summed E-state index contributed by atoms with van der Waals surface area (Å²) in [4.78, 5) is 2.63. The molecule has 2 fully saturated rings. The lowest BCUT2D eigenvalue weighted by Gasteiger charge is -2.29. The fourth-order valence-corrected chi connectivity index (χ4v) is 5.32. The van der Waals surface area contributed by atoms with Gasteiger partial charge in [0.15, 0.2) is 0 Å². The lowest BCUT2D eigenvalue weighted by atomic mass is 10.0. The Morgan fingerprint density at radius 2 is 1.75 bits per heavy atom. The summed E-state index contributed by atoms with van der Waals surface area (Å²) in [5, 5.41) is 4.51. The standard InChI is InChI=1S/C16H28N4O3S/c1-13-4-6-19(7-5-13)24(21,22)16-14(2)17-20(15(16)3)12-18-8-10-23-11-9-18/h13H,4-12H2,1-3H3. The van der Waals surface area contributed by atoms with E-state index in [9.17, 15) is 8.42 Å². The third-order valence-electron chi connectivity index (χ3n) is 5.09. The van der Waals surface area contributed by atoms with Crippen molar-refractivity contribution in [1.29, 1.82) is 0 Å². The maximum atomic E-state index is 13.1. The first-order valence-corrected chi connectivity index (χ1v) is 10.2. The van der Waals surface area contributed by atoms with Gasteiger partial charge in [-0.05, 0) is 32.6 Å². The van der Waals surface area contributed by atoms with E-state index in [1.54, 1.807) is 11.2 Å². The Labute approximate surface area is 144 Å². The van der Waals surface area contributed by atoms with E-state index >= 15 is 0 Å². The van der Waals surface area contributed by atoms with Crippen LogP contribution in [-0.2, 0) is 21.4 Å². The molecule has 24 heavy (non-hydrogen) atoms. The van der Waals surface area contributed by atoms with Gasteiger partial charge in [-0.1, -0.05) is 6.92 Å². The summed E-state index contributed by atoms with van der Waals surface area (Å²) in [5.74, 6) is 0.600. The van der Waals surface area contributed by atoms with Crippen LogP contribution in [0.15, 0.2) is 4.90 Å². The van der Waals surface area contributed by atoms with Crippen LogP contribution in [0, 0.1) is 19.8 Å². The summed E-state index contributed by atoms with van der Waals surface area (Å²) in [6, 6.07) is 0. The number of aryl methyl sites for hydroxylation is 1. The molecule has 0 bridgehead atoms. The third kappa shape index (κ3) is 3.51. The summed E-state index contributed by atoms with van der Waals surface area (Å²) in [5.41, 5.74) is 1.33. The molecule has 0 spiro atoms. The molecule has 8 heteroatoms. The summed E-state index contributed by atoms with van der Waals surface area (Å²) >= 11 is 0. The maximum Gasteiger partial charge on any atom is 0.246 e. The predicted molar refractivity (Wildman–Crippen MR) is 91.2 cm³/mol. The Morgan fingerprint density at radius 1 is 1.12 bits per heavy atom. The van der Waals surface area contributed by atoms with Gasteiger partial charge in [0, 0.05) is 26.2 Å². The fraction of sp³-hybridized carbons (Fsp3) is 0.812. The highest BCUT2D eigenvalue weighted by Crippen LogP contribution is 2.27. The molecule has 0 unspecified atom stereocenters. The second kappa shape index (κ2) is 7.11. The highest BCUT2D eigenvalue weighted by Gasteiger charge is 2.33. The topological polar surface area (TPSA) is 67.7 Å². The summed E-state index contributed by atoms with van der Waals surface area (Å²) in [7, 11) is -3.46. The molecule has 1 aromatic rings. The Kier molecular flexibility index (Phi) is 5.29. The minimum atomic E-state index is -3.46. The van der Waals surface area contributed by atoms with E-state index < -0.39 is 10.0 Å².